The first-order chi connectivity index (χ1) is 15.6. The predicted molar refractivity (Wildman–Crippen MR) is 125 cm³/mol. The first-order valence-corrected chi connectivity index (χ1v) is 10.9. The Hall–Kier alpha value is -3.35. The summed E-state index contributed by atoms with van der Waals surface area (Å²) in [7, 11) is 0. The van der Waals surface area contributed by atoms with Crippen molar-refractivity contribution in [3.8, 4) is 11.1 Å². The summed E-state index contributed by atoms with van der Waals surface area (Å²) in [5.41, 5.74) is 4.37. The lowest BCUT2D eigenvalue weighted by atomic mass is 10.0. The van der Waals surface area contributed by atoms with Gasteiger partial charge in [-0.3, -0.25) is 9.69 Å². The van der Waals surface area contributed by atoms with Gasteiger partial charge in [0.25, 0.3) is 0 Å². The summed E-state index contributed by atoms with van der Waals surface area (Å²) in [6.07, 6.45) is 1.59. The summed E-state index contributed by atoms with van der Waals surface area (Å²) < 4.78 is 5.50. The van der Waals surface area contributed by atoms with Crippen molar-refractivity contribution in [3.63, 3.8) is 0 Å². The summed E-state index contributed by atoms with van der Waals surface area (Å²) in [5.74, 6) is -0.186. The fourth-order valence-corrected chi connectivity index (χ4v) is 4.58. The van der Waals surface area contributed by atoms with Gasteiger partial charge in [0.15, 0.2) is 11.4 Å². The van der Waals surface area contributed by atoms with E-state index in [-0.39, 0.29) is 0 Å². The van der Waals surface area contributed by atoms with E-state index in [1.165, 1.54) is 0 Å². The fraction of sp³-hybridized carbons (Fsp3) is 0.200. The Morgan fingerprint density at radius 2 is 2.00 bits per heavy atom. The Kier molecular flexibility index (Phi) is 5.55. The molecule has 3 aromatic carbocycles. The maximum absolute atomic E-state index is 11.5. The van der Waals surface area contributed by atoms with Gasteiger partial charge < -0.3 is 14.9 Å². The van der Waals surface area contributed by atoms with Gasteiger partial charge in [-0.2, -0.15) is 0 Å². The summed E-state index contributed by atoms with van der Waals surface area (Å²) >= 11 is 6.72. The number of nitrogens with zero attached hydrogens (tertiary/aromatic N) is 2. The highest BCUT2D eigenvalue weighted by atomic mass is 35.5. The molecule has 5 rings (SSSR count). The number of likely N-dealkylation sites (tertiary alicyclic amines) is 1. The predicted octanol–water partition coefficient (Wildman–Crippen LogP) is 5.94. The number of hydrogen-bond donors (Lipinski definition) is 2. The van der Waals surface area contributed by atoms with Crippen molar-refractivity contribution < 1.29 is 14.4 Å². The molecule has 0 bridgehead atoms. The van der Waals surface area contributed by atoms with Crippen molar-refractivity contribution in [1.29, 1.82) is 0 Å². The van der Waals surface area contributed by atoms with E-state index < -0.39 is 12.0 Å². The third-order valence-electron chi connectivity index (χ3n) is 5.91. The molecule has 2 N–H and O–H groups in total. The highest BCUT2D eigenvalue weighted by Crippen LogP contribution is 2.36. The maximum atomic E-state index is 11.5. The number of anilines is 2. The summed E-state index contributed by atoms with van der Waals surface area (Å²) in [6, 6.07) is 21.2. The van der Waals surface area contributed by atoms with Crippen LogP contribution in [-0.4, -0.2) is 33.7 Å². The molecule has 1 aliphatic rings. The number of carboxylic acids is 1. The number of aliphatic carboxylic acids is 1. The molecule has 2 heterocycles. The van der Waals surface area contributed by atoms with Gasteiger partial charge >= 0.3 is 5.97 Å². The number of fused-ring (bicyclic) bond motifs is 1. The molecule has 0 saturated carbocycles. The fourth-order valence-electron chi connectivity index (χ4n) is 4.30. The maximum Gasteiger partial charge on any atom is 0.320 e. The first kappa shape index (κ1) is 20.5. The summed E-state index contributed by atoms with van der Waals surface area (Å²) in [5, 5.41) is 18.4. The van der Waals surface area contributed by atoms with E-state index in [9.17, 15) is 9.90 Å². The number of hydrogen-bond acceptors (Lipinski definition) is 5. The van der Waals surface area contributed by atoms with Crippen LogP contribution in [0.3, 0.4) is 0 Å². The van der Waals surface area contributed by atoms with Gasteiger partial charge in [0, 0.05) is 12.1 Å². The number of nitrogens with one attached hydrogen (secondary N) is 1. The van der Waals surface area contributed by atoms with E-state index >= 15 is 0 Å². The number of benzene rings is 3. The van der Waals surface area contributed by atoms with E-state index in [0.717, 1.165) is 40.7 Å². The minimum atomic E-state index is -0.760. The summed E-state index contributed by atoms with van der Waals surface area (Å²) in [4.78, 5) is 13.5. The first-order valence-electron chi connectivity index (χ1n) is 10.6. The van der Waals surface area contributed by atoms with Crippen LogP contribution in [0, 0.1) is 0 Å². The average molecular weight is 448 g/mol. The van der Waals surface area contributed by atoms with Crippen LogP contribution in [-0.2, 0) is 11.3 Å². The van der Waals surface area contributed by atoms with Gasteiger partial charge in [-0.25, -0.2) is 0 Å². The molecule has 1 fully saturated rings. The number of halogens is 1. The van der Waals surface area contributed by atoms with Crippen LogP contribution < -0.4 is 5.32 Å². The van der Waals surface area contributed by atoms with Crippen LogP contribution in [0.15, 0.2) is 71.3 Å². The van der Waals surface area contributed by atoms with Gasteiger partial charge in [-0.1, -0.05) is 65.3 Å². The molecule has 1 atom stereocenters. The van der Waals surface area contributed by atoms with E-state index in [0.29, 0.717) is 29.4 Å². The molecular formula is C25H22ClN3O3. The van der Waals surface area contributed by atoms with E-state index in [1.807, 2.05) is 71.6 Å². The largest absolute Gasteiger partial charge is 0.480 e. The normalized spacial score (nSPS) is 16.5. The molecule has 1 saturated heterocycles. The van der Waals surface area contributed by atoms with Crippen molar-refractivity contribution in [2.75, 3.05) is 11.9 Å². The molecule has 1 unspecified atom stereocenters. The zero-order valence-electron chi connectivity index (χ0n) is 17.3. The van der Waals surface area contributed by atoms with Gasteiger partial charge in [0.2, 0.25) is 0 Å². The number of aromatic nitrogens is 1. The Morgan fingerprint density at radius 3 is 2.81 bits per heavy atom. The van der Waals surface area contributed by atoms with Crippen molar-refractivity contribution in [2.45, 2.75) is 25.4 Å². The third kappa shape index (κ3) is 3.95. The number of carboxylic acid groups (broad SMARTS) is 1. The molecule has 7 heteroatoms. The van der Waals surface area contributed by atoms with E-state index in [2.05, 4.69) is 10.5 Å². The Bertz CT molecular complexity index is 1270. The third-order valence-corrected chi connectivity index (χ3v) is 6.31. The van der Waals surface area contributed by atoms with E-state index in [1.54, 1.807) is 0 Å². The molecule has 1 aromatic heterocycles. The van der Waals surface area contributed by atoms with Crippen molar-refractivity contribution in [3.05, 3.63) is 77.3 Å². The molecule has 0 radical (unpaired) electrons. The van der Waals surface area contributed by atoms with E-state index in [4.69, 9.17) is 16.1 Å². The second kappa shape index (κ2) is 8.65. The monoisotopic (exact) mass is 447 g/mol. The van der Waals surface area contributed by atoms with Crippen molar-refractivity contribution in [2.24, 2.45) is 0 Å². The summed E-state index contributed by atoms with van der Waals surface area (Å²) in [6.45, 7) is 1.35. The second-order valence-electron chi connectivity index (χ2n) is 7.99. The van der Waals surface area contributed by atoms with Crippen LogP contribution in [0.25, 0.3) is 22.1 Å². The molecule has 1 aliphatic heterocycles. The molecule has 0 aliphatic carbocycles. The zero-order chi connectivity index (χ0) is 22.1. The van der Waals surface area contributed by atoms with Crippen LogP contribution in [0.5, 0.6) is 0 Å². The lowest BCUT2D eigenvalue weighted by Crippen LogP contribution is -2.35. The minimum absolute atomic E-state index is 0.426. The lowest BCUT2D eigenvalue weighted by Gasteiger charge is -2.20. The van der Waals surface area contributed by atoms with Gasteiger partial charge in [-0.15, -0.1) is 0 Å². The molecule has 0 spiro atoms. The second-order valence-corrected chi connectivity index (χ2v) is 8.36. The van der Waals surface area contributed by atoms with Crippen LogP contribution >= 0.6 is 11.6 Å². The highest BCUT2D eigenvalue weighted by Gasteiger charge is 2.30. The van der Waals surface area contributed by atoms with Crippen molar-refractivity contribution >= 4 is 40.0 Å². The molecule has 162 valence electrons. The SMILES string of the molecule is O=C(O)C1CCCN1Cc1ccc2onc(Nc3cccc(-c4ccccc4)c3Cl)c2c1. The van der Waals surface area contributed by atoms with Gasteiger partial charge in [0.1, 0.15) is 6.04 Å². The number of rotatable bonds is 6. The van der Waals surface area contributed by atoms with Crippen molar-refractivity contribution in [1.82, 2.24) is 10.1 Å². The zero-order valence-corrected chi connectivity index (χ0v) is 18.0. The Morgan fingerprint density at radius 1 is 1.16 bits per heavy atom. The molecule has 4 aromatic rings. The molecular weight excluding hydrogens is 426 g/mol. The molecule has 0 amide bonds. The van der Waals surface area contributed by atoms with Crippen LogP contribution in [0.2, 0.25) is 5.02 Å². The number of carbonyl (C=O) groups is 1. The van der Waals surface area contributed by atoms with Gasteiger partial charge in [0.05, 0.1) is 16.1 Å². The van der Waals surface area contributed by atoms with Crippen LogP contribution in [0.1, 0.15) is 18.4 Å². The Labute approximate surface area is 190 Å². The lowest BCUT2D eigenvalue weighted by molar-refractivity contribution is -0.142. The quantitative estimate of drug-likeness (QED) is 0.380. The standard InChI is InChI=1S/C25H22ClN3O3/c26-23-18(17-6-2-1-3-7-17)8-4-9-20(23)27-24-19-14-16(11-12-22(19)32-28-24)15-29-13-5-10-21(29)25(30)31/h1-4,6-9,11-12,14,21H,5,10,13,15H2,(H,27,28)(H,30,31). The average Bonchev–Trinajstić information content (AvgIpc) is 3.43. The Balaban J connectivity index is 1.43. The molecule has 32 heavy (non-hydrogen) atoms. The highest BCUT2D eigenvalue weighted by molar-refractivity contribution is 6.36. The minimum Gasteiger partial charge on any atom is -0.480 e. The smallest absolute Gasteiger partial charge is 0.320 e. The van der Waals surface area contributed by atoms with Gasteiger partial charge in [-0.05, 0) is 48.7 Å². The molecule has 6 nitrogen and oxygen atoms in total. The van der Waals surface area contributed by atoms with Crippen LogP contribution in [0.4, 0.5) is 11.5 Å². The topological polar surface area (TPSA) is 78.6 Å².